The van der Waals surface area contributed by atoms with Crippen molar-refractivity contribution in [3.63, 3.8) is 0 Å². The van der Waals surface area contributed by atoms with Crippen LogP contribution in [-0.2, 0) is 10.2 Å². The first-order valence-electron chi connectivity index (χ1n) is 9.30. The van der Waals surface area contributed by atoms with Crippen molar-refractivity contribution in [3.8, 4) is 17.2 Å². The molecule has 0 saturated heterocycles. The summed E-state index contributed by atoms with van der Waals surface area (Å²) in [5.41, 5.74) is 1.30. The SMILES string of the molecule is Cc1nc2cc(-c3cc(F)cnc3C3(C)C=C(C#N)C(=O)C(C)(C)C3)ccn2n1. The number of Topliss-reactive ketones (excluding diaryl/α,β-unsaturated/α-hetero) is 1. The average Bonchev–Trinajstić information content (AvgIpc) is 3.03. The van der Waals surface area contributed by atoms with Gasteiger partial charge in [-0.2, -0.15) is 10.4 Å². The van der Waals surface area contributed by atoms with Crippen LogP contribution in [0.15, 0.2) is 42.2 Å². The Labute approximate surface area is 167 Å². The van der Waals surface area contributed by atoms with Crippen LogP contribution in [0.2, 0.25) is 0 Å². The number of pyridine rings is 2. The van der Waals surface area contributed by atoms with Gasteiger partial charge in [0.25, 0.3) is 0 Å². The van der Waals surface area contributed by atoms with Gasteiger partial charge in [0.1, 0.15) is 17.7 Å². The van der Waals surface area contributed by atoms with Gasteiger partial charge in [0, 0.05) is 22.6 Å². The molecule has 146 valence electrons. The third kappa shape index (κ3) is 3.11. The Balaban J connectivity index is 1.94. The molecule has 0 fully saturated rings. The zero-order chi connectivity index (χ0) is 21.0. The quantitative estimate of drug-likeness (QED) is 0.663. The molecule has 29 heavy (non-hydrogen) atoms. The van der Waals surface area contributed by atoms with Gasteiger partial charge in [-0.3, -0.25) is 9.78 Å². The van der Waals surface area contributed by atoms with Gasteiger partial charge in [0.2, 0.25) is 0 Å². The van der Waals surface area contributed by atoms with E-state index < -0.39 is 16.6 Å². The van der Waals surface area contributed by atoms with Crippen molar-refractivity contribution in [2.75, 3.05) is 0 Å². The van der Waals surface area contributed by atoms with Gasteiger partial charge in [-0.05, 0) is 37.1 Å². The van der Waals surface area contributed by atoms with Crippen molar-refractivity contribution in [2.24, 2.45) is 5.41 Å². The first-order chi connectivity index (χ1) is 13.6. The zero-order valence-corrected chi connectivity index (χ0v) is 16.7. The molecule has 3 aromatic rings. The lowest BCUT2D eigenvalue weighted by atomic mass is 9.63. The van der Waals surface area contributed by atoms with Crippen molar-refractivity contribution in [3.05, 3.63) is 59.6 Å². The zero-order valence-electron chi connectivity index (χ0n) is 16.7. The number of aryl methyl sites for hydroxylation is 1. The molecule has 0 radical (unpaired) electrons. The Kier molecular flexibility index (Phi) is 4.12. The van der Waals surface area contributed by atoms with Crippen molar-refractivity contribution in [1.29, 1.82) is 5.26 Å². The number of hydrogen-bond donors (Lipinski definition) is 0. The molecule has 6 nitrogen and oxygen atoms in total. The van der Waals surface area contributed by atoms with Gasteiger partial charge in [-0.15, -0.1) is 0 Å². The highest BCUT2D eigenvalue weighted by molar-refractivity contribution is 6.04. The Morgan fingerprint density at radius 1 is 1.28 bits per heavy atom. The lowest BCUT2D eigenvalue weighted by Gasteiger charge is -2.39. The van der Waals surface area contributed by atoms with Crippen LogP contribution in [0.3, 0.4) is 0 Å². The number of allylic oxidation sites excluding steroid dienone is 2. The summed E-state index contributed by atoms with van der Waals surface area (Å²) in [6, 6.07) is 7.12. The van der Waals surface area contributed by atoms with Crippen LogP contribution in [0.25, 0.3) is 16.8 Å². The molecule has 3 heterocycles. The van der Waals surface area contributed by atoms with Crippen LogP contribution in [0.1, 0.15) is 38.7 Å². The summed E-state index contributed by atoms with van der Waals surface area (Å²) < 4.78 is 15.8. The van der Waals surface area contributed by atoms with Crippen molar-refractivity contribution < 1.29 is 9.18 Å². The summed E-state index contributed by atoms with van der Waals surface area (Å²) in [5.74, 6) is 0.00262. The highest BCUT2D eigenvalue weighted by Gasteiger charge is 2.45. The van der Waals surface area contributed by atoms with E-state index in [2.05, 4.69) is 15.1 Å². The molecule has 1 atom stereocenters. The molecule has 1 unspecified atom stereocenters. The molecule has 0 spiro atoms. The number of carbonyl (C=O) groups excluding carboxylic acids is 1. The van der Waals surface area contributed by atoms with Gasteiger partial charge in [-0.1, -0.05) is 26.8 Å². The van der Waals surface area contributed by atoms with Crippen LogP contribution in [-0.4, -0.2) is 25.4 Å². The average molecular weight is 389 g/mol. The molecular formula is C22H20FN5O. The molecule has 3 aromatic heterocycles. The van der Waals surface area contributed by atoms with Crippen molar-refractivity contribution in [1.82, 2.24) is 19.6 Å². The lowest BCUT2D eigenvalue weighted by molar-refractivity contribution is -0.124. The minimum atomic E-state index is -0.726. The summed E-state index contributed by atoms with van der Waals surface area (Å²) in [4.78, 5) is 21.4. The minimum absolute atomic E-state index is 0.115. The number of nitriles is 1. The molecule has 4 rings (SSSR count). The largest absolute Gasteiger partial charge is 0.293 e. The number of fused-ring (bicyclic) bond motifs is 1. The fraction of sp³-hybridized carbons (Fsp3) is 0.318. The molecule has 7 heteroatoms. The summed E-state index contributed by atoms with van der Waals surface area (Å²) in [5, 5.41) is 13.8. The molecule has 0 aliphatic heterocycles. The monoisotopic (exact) mass is 389 g/mol. The van der Waals surface area contributed by atoms with Gasteiger partial charge >= 0.3 is 0 Å². The van der Waals surface area contributed by atoms with E-state index in [9.17, 15) is 14.4 Å². The summed E-state index contributed by atoms with van der Waals surface area (Å²) in [7, 11) is 0. The Morgan fingerprint density at radius 2 is 2.03 bits per heavy atom. The molecule has 0 N–H and O–H groups in total. The van der Waals surface area contributed by atoms with Crippen LogP contribution in [0, 0.1) is 29.5 Å². The molecule has 0 bridgehead atoms. The van der Waals surface area contributed by atoms with E-state index in [-0.39, 0.29) is 11.4 Å². The number of hydrogen-bond acceptors (Lipinski definition) is 5. The fourth-order valence-electron chi connectivity index (χ4n) is 4.31. The van der Waals surface area contributed by atoms with E-state index in [0.29, 0.717) is 29.1 Å². The lowest BCUT2D eigenvalue weighted by Crippen LogP contribution is -2.40. The van der Waals surface area contributed by atoms with E-state index in [1.165, 1.54) is 12.3 Å². The Hall–Kier alpha value is -3.40. The van der Waals surface area contributed by atoms with Crippen LogP contribution >= 0.6 is 0 Å². The molecule has 1 aliphatic rings. The smallest absolute Gasteiger partial charge is 0.178 e. The van der Waals surface area contributed by atoms with Gasteiger partial charge in [0.15, 0.2) is 11.4 Å². The van der Waals surface area contributed by atoms with Crippen molar-refractivity contribution >= 4 is 11.4 Å². The first-order valence-corrected chi connectivity index (χ1v) is 9.30. The number of ketones is 1. The fourth-order valence-corrected chi connectivity index (χ4v) is 4.31. The maximum atomic E-state index is 14.2. The number of rotatable bonds is 2. The molecule has 1 aliphatic carbocycles. The van der Waals surface area contributed by atoms with E-state index in [1.54, 1.807) is 23.7 Å². The summed E-state index contributed by atoms with van der Waals surface area (Å²) in [6.45, 7) is 7.39. The maximum Gasteiger partial charge on any atom is 0.178 e. The highest BCUT2D eigenvalue weighted by Crippen LogP contribution is 2.46. The number of aromatic nitrogens is 4. The molecule has 0 amide bonds. The first kappa shape index (κ1) is 18.9. The summed E-state index contributed by atoms with van der Waals surface area (Å²) >= 11 is 0. The number of nitrogens with zero attached hydrogens (tertiary/aromatic N) is 5. The van der Waals surface area contributed by atoms with Crippen LogP contribution < -0.4 is 0 Å². The third-order valence-electron chi connectivity index (χ3n) is 5.40. The van der Waals surface area contributed by atoms with Crippen LogP contribution in [0.4, 0.5) is 4.39 Å². The third-order valence-corrected chi connectivity index (χ3v) is 5.40. The number of carbonyl (C=O) groups is 1. The second-order valence-corrected chi connectivity index (χ2v) is 8.40. The minimum Gasteiger partial charge on any atom is -0.293 e. The van der Waals surface area contributed by atoms with E-state index in [1.807, 2.05) is 39.0 Å². The second kappa shape index (κ2) is 6.31. The molecule has 0 saturated carbocycles. The normalized spacial score (nSPS) is 21.1. The second-order valence-electron chi connectivity index (χ2n) is 8.40. The standard InChI is InChI=1S/C22H20FN5O/c1-13-26-18-7-14(5-6-28(18)27-13)17-8-16(23)11-25-19(17)22(4)9-15(10-24)20(29)21(2,3)12-22/h5-9,11H,12H2,1-4H3. The predicted octanol–water partition coefficient (Wildman–Crippen LogP) is 3.95. The van der Waals surface area contributed by atoms with Crippen molar-refractivity contribution in [2.45, 2.75) is 39.5 Å². The molecule has 0 aromatic carbocycles. The van der Waals surface area contributed by atoms with Gasteiger partial charge in [-0.25, -0.2) is 13.9 Å². The predicted molar refractivity (Wildman–Crippen MR) is 105 cm³/mol. The van der Waals surface area contributed by atoms with E-state index >= 15 is 0 Å². The Bertz CT molecular complexity index is 1230. The van der Waals surface area contributed by atoms with Crippen LogP contribution in [0.5, 0.6) is 0 Å². The topological polar surface area (TPSA) is 83.9 Å². The summed E-state index contributed by atoms with van der Waals surface area (Å²) in [6.07, 6.45) is 5.08. The number of halogens is 1. The van der Waals surface area contributed by atoms with E-state index in [0.717, 1.165) is 5.56 Å². The van der Waals surface area contributed by atoms with Gasteiger partial charge < -0.3 is 0 Å². The highest BCUT2D eigenvalue weighted by atomic mass is 19.1. The van der Waals surface area contributed by atoms with E-state index in [4.69, 9.17) is 0 Å². The Morgan fingerprint density at radius 3 is 2.76 bits per heavy atom. The molecular weight excluding hydrogens is 369 g/mol. The van der Waals surface area contributed by atoms with Gasteiger partial charge in [0.05, 0.1) is 17.5 Å². The maximum absolute atomic E-state index is 14.2.